The van der Waals surface area contributed by atoms with Crippen LogP contribution in [0.25, 0.3) is 0 Å². The average molecular weight is 411 g/mol. The van der Waals surface area contributed by atoms with Gasteiger partial charge >= 0.3 is 6.18 Å². The van der Waals surface area contributed by atoms with Crippen LogP contribution in [-0.2, 0) is 6.18 Å². The third kappa shape index (κ3) is 4.84. The lowest BCUT2D eigenvalue weighted by Gasteiger charge is -2.32. The summed E-state index contributed by atoms with van der Waals surface area (Å²) < 4.78 is 37.8. The Balaban J connectivity index is 1.53. The number of rotatable bonds is 3. The van der Waals surface area contributed by atoms with Crippen LogP contribution in [-0.4, -0.2) is 35.8 Å². The van der Waals surface area contributed by atoms with Gasteiger partial charge in [0.1, 0.15) is 0 Å². The number of alkyl halides is 3. The molecule has 1 heterocycles. The molecule has 0 unspecified atom stereocenters. The summed E-state index contributed by atoms with van der Waals surface area (Å²) >= 11 is 5.83. The Morgan fingerprint density at radius 1 is 0.929 bits per heavy atom. The van der Waals surface area contributed by atoms with Crippen molar-refractivity contribution in [3.8, 4) is 0 Å². The molecular formula is C20H18ClF3N2O2. The van der Waals surface area contributed by atoms with E-state index in [4.69, 9.17) is 11.6 Å². The number of carbonyl (C=O) groups is 2. The molecule has 1 fully saturated rings. The van der Waals surface area contributed by atoms with Crippen LogP contribution in [0.5, 0.6) is 0 Å². The van der Waals surface area contributed by atoms with E-state index < -0.39 is 17.6 Å². The van der Waals surface area contributed by atoms with E-state index in [2.05, 4.69) is 5.32 Å². The number of carbonyl (C=O) groups excluding carboxylic acids is 2. The van der Waals surface area contributed by atoms with Crippen LogP contribution in [0, 0.1) is 0 Å². The standard InChI is InChI=1S/C20H18ClF3N2O2/c21-16-7-3-14(4-8-16)19(28)26-11-9-17(10-12-26)25-18(27)13-1-5-15(6-2-13)20(22,23)24/h1-8,17H,9-12H2,(H,25,27). The number of hydrogen-bond acceptors (Lipinski definition) is 2. The molecule has 28 heavy (non-hydrogen) atoms. The van der Waals surface area contributed by atoms with Gasteiger partial charge in [-0.15, -0.1) is 0 Å². The van der Waals surface area contributed by atoms with E-state index in [0.29, 0.717) is 36.5 Å². The Labute approximate surface area is 165 Å². The maximum atomic E-state index is 12.6. The predicted octanol–water partition coefficient (Wildman–Crippen LogP) is 4.39. The highest BCUT2D eigenvalue weighted by Gasteiger charge is 2.30. The molecule has 2 aromatic rings. The maximum Gasteiger partial charge on any atom is 0.416 e. The monoisotopic (exact) mass is 410 g/mol. The minimum absolute atomic E-state index is 0.0933. The van der Waals surface area contributed by atoms with Crippen molar-refractivity contribution in [3.63, 3.8) is 0 Å². The van der Waals surface area contributed by atoms with Crippen molar-refractivity contribution in [3.05, 3.63) is 70.2 Å². The molecule has 0 aliphatic carbocycles. The second-order valence-corrected chi connectivity index (χ2v) is 7.06. The van der Waals surface area contributed by atoms with Crippen molar-refractivity contribution in [2.24, 2.45) is 0 Å². The van der Waals surface area contributed by atoms with Crippen LogP contribution in [0.2, 0.25) is 5.02 Å². The van der Waals surface area contributed by atoms with E-state index in [1.54, 1.807) is 29.2 Å². The Bertz CT molecular complexity index is 843. The lowest BCUT2D eigenvalue weighted by atomic mass is 10.0. The summed E-state index contributed by atoms with van der Waals surface area (Å²) in [6.07, 6.45) is -3.28. The number of nitrogens with zero attached hydrogens (tertiary/aromatic N) is 1. The van der Waals surface area contributed by atoms with Gasteiger partial charge in [-0.2, -0.15) is 13.2 Å². The normalized spacial score (nSPS) is 15.4. The number of halogens is 4. The molecule has 2 amide bonds. The molecule has 0 radical (unpaired) electrons. The number of amides is 2. The molecule has 4 nitrogen and oxygen atoms in total. The predicted molar refractivity (Wildman–Crippen MR) is 99.3 cm³/mol. The zero-order valence-electron chi connectivity index (χ0n) is 14.8. The van der Waals surface area contributed by atoms with E-state index in [-0.39, 0.29) is 17.5 Å². The molecule has 1 saturated heterocycles. The number of piperidine rings is 1. The molecule has 0 bridgehead atoms. The van der Waals surface area contributed by atoms with Gasteiger partial charge in [0.15, 0.2) is 0 Å². The highest BCUT2D eigenvalue weighted by atomic mass is 35.5. The van der Waals surface area contributed by atoms with Gasteiger partial charge in [0, 0.05) is 35.3 Å². The van der Waals surface area contributed by atoms with E-state index in [9.17, 15) is 22.8 Å². The van der Waals surface area contributed by atoms with Gasteiger partial charge in [-0.25, -0.2) is 0 Å². The first-order valence-electron chi connectivity index (χ1n) is 8.77. The first kappa shape index (κ1) is 20.2. The fourth-order valence-corrected chi connectivity index (χ4v) is 3.21. The molecular weight excluding hydrogens is 393 g/mol. The third-order valence-corrected chi connectivity index (χ3v) is 4.93. The Morgan fingerprint density at radius 3 is 2.00 bits per heavy atom. The summed E-state index contributed by atoms with van der Waals surface area (Å²) in [6.45, 7) is 0.971. The van der Waals surface area contributed by atoms with Gasteiger partial charge in [-0.3, -0.25) is 9.59 Å². The summed E-state index contributed by atoms with van der Waals surface area (Å²) in [5.41, 5.74) is -0.0672. The zero-order chi connectivity index (χ0) is 20.3. The van der Waals surface area contributed by atoms with Crippen molar-refractivity contribution in [2.75, 3.05) is 13.1 Å². The Kier molecular flexibility index (Phi) is 5.93. The largest absolute Gasteiger partial charge is 0.416 e. The zero-order valence-corrected chi connectivity index (χ0v) is 15.6. The molecule has 2 aromatic carbocycles. The molecule has 0 spiro atoms. The summed E-state index contributed by atoms with van der Waals surface area (Å²) in [5.74, 6) is -0.514. The van der Waals surface area contributed by atoms with Crippen molar-refractivity contribution < 1.29 is 22.8 Å². The molecule has 1 aliphatic heterocycles. The lowest BCUT2D eigenvalue weighted by molar-refractivity contribution is -0.137. The quantitative estimate of drug-likeness (QED) is 0.815. The van der Waals surface area contributed by atoms with Crippen molar-refractivity contribution >= 4 is 23.4 Å². The average Bonchev–Trinajstić information content (AvgIpc) is 2.68. The van der Waals surface area contributed by atoms with Gasteiger partial charge in [0.25, 0.3) is 11.8 Å². The van der Waals surface area contributed by atoms with Gasteiger partial charge in [0.2, 0.25) is 0 Å². The molecule has 148 valence electrons. The van der Waals surface area contributed by atoms with Gasteiger partial charge in [-0.05, 0) is 61.4 Å². The van der Waals surface area contributed by atoms with Crippen LogP contribution >= 0.6 is 11.6 Å². The smallest absolute Gasteiger partial charge is 0.349 e. The molecule has 1 aliphatic rings. The second kappa shape index (κ2) is 8.22. The fourth-order valence-electron chi connectivity index (χ4n) is 3.08. The first-order chi connectivity index (χ1) is 13.2. The Morgan fingerprint density at radius 2 is 1.46 bits per heavy atom. The third-order valence-electron chi connectivity index (χ3n) is 4.68. The SMILES string of the molecule is O=C(NC1CCN(C(=O)c2ccc(Cl)cc2)CC1)c1ccc(C(F)(F)F)cc1. The number of likely N-dealkylation sites (tertiary alicyclic amines) is 1. The van der Waals surface area contributed by atoms with E-state index in [1.165, 1.54) is 0 Å². The minimum Gasteiger partial charge on any atom is -0.349 e. The first-order valence-corrected chi connectivity index (χ1v) is 9.15. The molecule has 0 saturated carbocycles. The van der Waals surface area contributed by atoms with Crippen molar-refractivity contribution in [1.29, 1.82) is 0 Å². The van der Waals surface area contributed by atoms with Gasteiger partial charge < -0.3 is 10.2 Å². The number of hydrogen-bond donors (Lipinski definition) is 1. The van der Waals surface area contributed by atoms with Gasteiger partial charge in [-0.1, -0.05) is 11.6 Å². The van der Waals surface area contributed by atoms with E-state index in [1.807, 2.05) is 0 Å². The molecule has 0 aromatic heterocycles. The van der Waals surface area contributed by atoms with Crippen LogP contribution < -0.4 is 5.32 Å². The highest BCUT2D eigenvalue weighted by molar-refractivity contribution is 6.30. The van der Waals surface area contributed by atoms with E-state index in [0.717, 1.165) is 24.3 Å². The molecule has 8 heteroatoms. The van der Waals surface area contributed by atoms with Crippen LogP contribution in [0.4, 0.5) is 13.2 Å². The topological polar surface area (TPSA) is 49.4 Å². The summed E-state index contributed by atoms with van der Waals surface area (Å²) in [6, 6.07) is 10.6. The molecule has 0 atom stereocenters. The van der Waals surface area contributed by atoms with Crippen molar-refractivity contribution in [2.45, 2.75) is 25.1 Å². The maximum absolute atomic E-state index is 12.6. The number of benzene rings is 2. The van der Waals surface area contributed by atoms with E-state index >= 15 is 0 Å². The van der Waals surface area contributed by atoms with Crippen molar-refractivity contribution in [1.82, 2.24) is 10.2 Å². The fraction of sp³-hybridized carbons (Fsp3) is 0.300. The molecule has 3 rings (SSSR count). The van der Waals surface area contributed by atoms with Gasteiger partial charge in [0.05, 0.1) is 5.56 Å². The summed E-state index contributed by atoms with van der Waals surface area (Å²) in [5, 5.41) is 3.38. The molecule has 1 N–H and O–H groups in total. The van der Waals surface area contributed by atoms with Crippen LogP contribution in [0.15, 0.2) is 48.5 Å². The lowest BCUT2D eigenvalue weighted by Crippen LogP contribution is -2.46. The second-order valence-electron chi connectivity index (χ2n) is 6.62. The van der Waals surface area contributed by atoms with Crippen LogP contribution in [0.1, 0.15) is 39.1 Å². The minimum atomic E-state index is -4.43. The Hall–Kier alpha value is -2.54. The summed E-state index contributed by atoms with van der Waals surface area (Å²) in [7, 11) is 0. The number of nitrogens with one attached hydrogen (secondary N) is 1. The van der Waals surface area contributed by atoms with Crippen LogP contribution in [0.3, 0.4) is 0 Å². The highest BCUT2D eigenvalue weighted by Crippen LogP contribution is 2.29. The summed E-state index contributed by atoms with van der Waals surface area (Å²) in [4.78, 5) is 26.4.